The Morgan fingerprint density at radius 2 is 2.18 bits per heavy atom. The van der Waals surface area contributed by atoms with E-state index in [9.17, 15) is 10.2 Å². The molecule has 2 rings (SSSR count). The average Bonchev–Trinajstić information content (AvgIpc) is 2.69. The minimum absolute atomic E-state index is 0.362. The lowest BCUT2D eigenvalue weighted by Gasteiger charge is -2.38. The predicted molar refractivity (Wildman–Crippen MR) is 63.3 cm³/mol. The summed E-state index contributed by atoms with van der Waals surface area (Å²) in [6.07, 6.45) is 4.38. The topological polar surface area (TPSA) is 71.2 Å². The van der Waals surface area contributed by atoms with E-state index in [-0.39, 0.29) is 0 Å². The molecule has 0 aromatic carbocycles. The summed E-state index contributed by atoms with van der Waals surface area (Å²) in [5, 5.41) is 24.6. The van der Waals surface area contributed by atoms with Gasteiger partial charge in [-0.2, -0.15) is 5.10 Å². The lowest BCUT2D eigenvalue weighted by Crippen LogP contribution is -2.46. The summed E-state index contributed by atoms with van der Waals surface area (Å²) >= 11 is 0. The van der Waals surface area contributed by atoms with Crippen molar-refractivity contribution < 1.29 is 10.2 Å². The fourth-order valence-electron chi connectivity index (χ4n) is 2.46. The third-order valence-electron chi connectivity index (χ3n) is 3.94. The van der Waals surface area contributed by atoms with E-state index < -0.39 is 11.7 Å². The van der Waals surface area contributed by atoms with Gasteiger partial charge in [0.2, 0.25) is 0 Å². The van der Waals surface area contributed by atoms with Gasteiger partial charge in [-0.1, -0.05) is 6.92 Å². The van der Waals surface area contributed by atoms with Crippen LogP contribution in [0.2, 0.25) is 0 Å². The Kier molecular flexibility index (Phi) is 3.49. The van der Waals surface area contributed by atoms with Gasteiger partial charge >= 0.3 is 0 Å². The van der Waals surface area contributed by atoms with Crippen LogP contribution in [0.15, 0.2) is 6.33 Å². The van der Waals surface area contributed by atoms with Crippen LogP contribution in [0.25, 0.3) is 0 Å². The monoisotopic (exact) mass is 239 g/mol. The summed E-state index contributed by atoms with van der Waals surface area (Å²) in [6, 6.07) is 0. The van der Waals surface area contributed by atoms with Gasteiger partial charge in [0.15, 0.2) is 0 Å². The quantitative estimate of drug-likeness (QED) is 0.813. The Morgan fingerprint density at radius 1 is 1.53 bits per heavy atom. The Bertz CT molecular complexity index is 370. The van der Waals surface area contributed by atoms with Crippen molar-refractivity contribution in [2.45, 2.75) is 50.7 Å². The molecule has 96 valence electrons. The highest BCUT2D eigenvalue weighted by atomic mass is 16.3. The zero-order valence-electron chi connectivity index (χ0n) is 10.5. The first-order valence-corrected chi connectivity index (χ1v) is 6.24. The van der Waals surface area contributed by atoms with Crippen LogP contribution < -0.4 is 0 Å². The molecule has 1 aromatic heterocycles. The highest BCUT2D eigenvalue weighted by molar-refractivity contribution is 4.97. The van der Waals surface area contributed by atoms with Gasteiger partial charge in [0, 0.05) is 13.5 Å². The van der Waals surface area contributed by atoms with Gasteiger partial charge in [-0.25, -0.2) is 4.98 Å². The minimum atomic E-state index is -0.946. The Labute approximate surface area is 101 Å². The van der Waals surface area contributed by atoms with Crippen LogP contribution in [0, 0.1) is 5.92 Å². The molecule has 5 heteroatoms. The maximum atomic E-state index is 10.4. The first kappa shape index (κ1) is 12.5. The lowest BCUT2D eigenvalue weighted by molar-refractivity contribution is -0.103. The molecule has 1 atom stereocenters. The molecule has 0 amide bonds. The van der Waals surface area contributed by atoms with Crippen molar-refractivity contribution in [3.63, 3.8) is 0 Å². The average molecular weight is 239 g/mol. The molecule has 1 unspecified atom stereocenters. The molecule has 0 bridgehead atoms. The second-order valence-electron chi connectivity index (χ2n) is 5.31. The summed E-state index contributed by atoms with van der Waals surface area (Å²) in [5.41, 5.74) is -0.946. The first-order chi connectivity index (χ1) is 8.01. The molecule has 1 aromatic rings. The van der Waals surface area contributed by atoms with E-state index in [2.05, 4.69) is 17.0 Å². The van der Waals surface area contributed by atoms with Crippen LogP contribution in [-0.4, -0.2) is 36.7 Å². The third kappa shape index (κ3) is 2.66. The van der Waals surface area contributed by atoms with Crippen molar-refractivity contribution in [1.82, 2.24) is 14.8 Å². The van der Waals surface area contributed by atoms with Gasteiger partial charge in [0.05, 0.1) is 11.7 Å². The number of aliphatic hydroxyl groups is 2. The highest BCUT2D eigenvalue weighted by Crippen LogP contribution is 2.34. The first-order valence-electron chi connectivity index (χ1n) is 6.24. The van der Waals surface area contributed by atoms with Crippen molar-refractivity contribution in [1.29, 1.82) is 0 Å². The Balaban J connectivity index is 2.00. The van der Waals surface area contributed by atoms with E-state index in [4.69, 9.17) is 0 Å². The molecule has 5 nitrogen and oxygen atoms in total. The SMILES string of the molecule is CC1CCC(O)(C(O)Cc2ncnn2C)CC1. The number of hydrogen-bond acceptors (Lipinski definition) is 4. The number of nitrogens with zero attached hydrogens (tertiary/aromatic N) is 3. The van der Waals surface area contributed by atoms with Crippen molar-refractivity contribution in [2.75, 3.05) is 0 Å². The molecule has 1 aliphatic carbocycles. The van der Waals surface area contributed by atoms with Gasteiger partial charge in [-0.15, -0.1) is 0 Å². The highest BCUT2D eigenvalue weighted by Gasteiger charge is 2.38. The second-order valence-corrected chi connectivity index (χ2v) is 5.31. The molecular weight excluding hydrogens is 218 g/mol. The lowest BCUT2D eigenvalue weighted by atomic mass is 9.76. The number of aryl methyl sites for hydroxylation is 1. The summed E-state index contributed by atoms with van der Waals surface area (Å²) in [5.74, 6) is 1.36. The molecule has 1 aliphatic rings. The maximum absolute atomic E-state index is 10.4. The van der Waals surface area contributed by atoms with Gasteiger partial charge in [0.25, 0.3) is 0 Å². The number of hydrogen-bond donors (Lipinski definition) is 2. The Morgan fingerprint density at radius 3 is 2.71 bits per heavy atom. The molecule has 1 heterocycles. The molecule has 1 saturated carbocycles. The standard InChI is InChI=1S/C12H21N3O2/c1-9-3-5-12(17,6-4-9)10(16)7-11-13-8-14-15(11)2/h8-10,16-17H,3-7H2,1-2H3. The molecule has 2 N–H and O–H groups in total. The van der Waals surface area contributed by atoms with Crippen molar-refractivity contribution in [2.24, 2.45) is 13.0 Å². The smallest absolute Gasteiger partial charge is 0.138 e. The summed E-state index contributed by atoms with van der Waals surface area (Å²) in [6.45, 7) is 2.19. The normalized spacial score (nSPS) is 31.4. The fourth-order valence-corrected chi connectivity index (χ4v) is 2.46. The molecular formula is C12H21N3O2. The second kappa shape index (κ2) is 4.74. The van der Waals surface area contributed by atoms with E-state index in [1.165, 1.54) is 6.33 Å². The molecule has 0 aliphatic heterocycles. The molecule has 0 spiro atoms. The van der Waals surface area contributed by atoms with Crippen molar-refractivity contribution >= 4 is 0 Å². The van der Waals surface area contributed by atoms with E-state index >= 15 is 0 Å². The minimum Gasteiger partial charge on any atom is -0.390 e. The van der Waals surface area contributed by atoms with Crippen LogP contribution in [0.3, 0.4) is 0 Å². The summed E-state index contributed by atoms with van der Waals surface area (Å²) < 4.78 is 1.64. The predicted octanol–water partition coefficient (Wildman–Crippen LogP) is 0.660. The van der Waals surface area contributed by atoms with Gasteiger partial charge in [0.1, 0.15) is 12.2 Å². The largest absolute Gasteiger partial charge is 0.390 e. The van der Waals surface area contributed by atoms with Crippen LogP contribution in [-0.2, 0) is 13.5 Å². The Hall–Kier alpha value is -0.940. The van der Waals surface area contributed by atoms with Gasteiger partial charge in [-0.05, 0) is 31.6 Å². The summed E-state index contributed by atoms with van der Waals surface area (Å²) in [7, 11) is 1.79. The fraction of sp³-hybridized carbons (Fsp3) is 0.833. The third-order valence-corrected chi connectivity index (χ3v) is 3.94. The molecule has 0 saturated heterocycles. The van der Waals surface area contributed by atoms with Crippen LogP contribution >= 0.6 is 0 Å². The van der Waals surface area contributed by atoms with Crippen LogP contribution in [0.1, 0.15) is 38.4 Å². The molecule has 0 radical (unpaired) electrons. The van der Waals surface area contributed by atoms with Crippen molar-refractivity contribution in [3.05, 3.63) is 12.2 Å². The van der Waals surface area contributed by atoms with Crippen LogP contribution in [0.5, 0.6) is 0 Å². The van der Waals surface area contributed by atoms with Crippen molar-refractivity contribution in [3.8, 4) is 0 Å². The zero-order valence-corrected chi connectivity index (χ0v) is 10.5. The number of aromatic nitrogens is 3. The number of aliphatic hydroxyl groups excluding tert-OH is 1. The molecule has 1 fully saturated rings. The maximum Gasteiger partial charge on any atom is 0.138 e. The van der Waals surface area contributed by atoms with E-state index in [0.29, 0.717) is 31.0 Å². The van der Waals surface area contributed by atoms with Crippen LogP contribution in [0.4, 0.5) is 0 Å². The number of rotatable bonds is 3. The van der Waals surface area contributed by atoms with E-state index in [1.807, 2.05) is 0 Å². The zero-order chi connectivity index (χ0) is 12.5. The molecule has 17 heavy (non-hydrogen) atoms. The van der Waals surface area contributed by atoms with Gasteiger partial charge < -0.3 is 10.2 Å². The van der Waals surface area contributed by atoms with E-state index in [1.54, 1.807) is 11.7 Å². The van der Waals surface area contributed by atoms with E-state index in [0.717, 1.165) is 12.8 Å². The summed E-state index contributed by atoms with van der Waals surface area (Å²) in [4.78, 5) is 4.08. The van der Waals surface area contributed by atoms with Gasteiger partial charge in [-0.3, -0.25) is 4.68 Å².